The first-order valence-corrected chi connectivity index (χ1v) is 9.49. The van der Waals surface area contributed by atoms with E-state index < -0.39 is 0 Å². The summed E-state index contributed by atoms with van der Waals surface area (Å²) in [5, 5.41) is 0. The lowest BCUT2D eigenvalue weighted by atomic mass is 9.94. The van der Waals surface area contributed by atoms with Crippen LogP contribution in [0, 0.1) is 0 Å². The second-order valence-electron chi connectivity index (χ2n) is 6.24. The molecule has 2 aliphatic heterocycles. The zero-order valence-electron chi connectivity index (χ0n) is 13.1. The molecule has 2 nitrogen and oxygen atoms in total. The maximum absolute atomic E-state index is 2.84. The molecule has 0 aliphatic carbocycles. The highest BCUT2D eigenvalue weighted by molar-refractivity contribution is 7.99. The molecule has 19 heavy (non-hydrogen) atoms. The maximum Gasteiger partial charge on any atom is 0.0224 e. The molecule has 2 saturated heterocycles. The molecule has 0 bridgehead atoms. The number of thioether (sulfide) groups is 1. The van der Waals surface area contributed by atoms with Crippen LogP contribution in [0.5, 0.6) is 0 Å². The van der Waals surface area contributed by atoms with Crippen molar-refractivity contribution in [2.75, 3.05) is 31.1 Å². The number of rotatable bonds is 6. The van der Waals surface area contributed by atoms with Gasteiger partial charge in [0.2, 0.25) is 0 Å². The Labute approximate surface area is 124 Å². The molecule has 112 valence electrons. The van der Waals surface area contributed by atoms with Crippen LogP contribution in [0.1, 0.15) is 52.9 Å². The topological polar surface area (TPSA) is 6.48 Å². The van der Waals surface area contributed by atoms with Crippen molar-refractivity contribution in [1.82, 2.24) is 9.80 Å². The van der Waals surface area contributed by atoms with E-state index in [1.807, 2.05) is 0 Å². The summed E-state index contributed by atoms with van der Waals surface area (Å²) < 4.78 is 0. The van der Waals surface area contributed by atoms with Crippen LogP contribution < -0.4 is 0 Å². The predicted molar refractivity (Wildman–Crippen MR) is 87.1 cm³/mol. The Hall–Kier alpha value is 0.270. The molecule has 0 aromatic carbocycles. The smallest absolute Gasteiger partial charge is 0.0224 e. The molecule has 2 aliphatic rings. The van der Waals surface area contributed by atoms with E-state index >= 15 is 0 Å². The highest BCUT2D eigenvalue weighted by Crippen LogP contribution is 2.27. The van der Waals surface area contributed by atoms with Crippen molar-refractivity contribution in [2.24, 2.45) is 0 Å². The second kappa shape index (κ2) is 7.90. The second-order valence-corrected chi connectivity index (χ2v) is 7.63. The Morgan fingerprint density at radius 2 is 2.05 bits per heavy atom. The molecular weight excluding hydrogens is 252 g/mol. The van der Waals surface area contributed by atoms with Crippen LogP contribution in [0.3, 0.4) is 0 Å². The summed E-state index contributed by atoms with van der Waals surface area (Å²) in [6.07, 6.45) is 6.99. The van der Waals surface area contributed by atoms with Gasteiger partial charge in [0, 0.05) is 31.2 Å². The fourth-order valence-corrected chi connectivity index (χ4v) is 4.54. The van der Waals surface area contributed by atoms with Gasteiger partial charge in [-0.2, -0.15) is 11.8 Å². The summed E-state index contributed by atoms with van der Waals surface area (Å²) in [5.41, 5.74) is 0. The van der Waals surface area contributed by atoms with E-state index in [-0.39, 0.29) is 0 Å². The lowest BCUT2D eigenvalue weighted by Crippen LogP contribution is -2.61. The third-order valence-corrected chi connectivity index (χ3v) is 5.94. The first kappa shape index (κ1) is 15.7. The van der Waals surface area contributed by atoms with Crippen molar-refractivity contribution in [2.45, 2.75) is 71.0 Å². The van der Waals surface area contributed by atoms with E-state index in [1.165, 1.54) is 63.2 Å². The lowest BCUT2D eigenvalue weighted by Gasteiger charge is -2.50. The van der Waals surface area contributed by atoms with Crippen LogP contribution in [0.15, 0.2) is 0 Å². The number of nitrogens with zero attached hydrogens (tertiary/aromatic N) is 2. The predicted octanol–water partition coefficient (Wildman–Crippen LogP) is 3.47. The molecule has 2 rings (SSSR count). The Balaban J connectivity index is 1.89. The molecule has 0 radical (unpaired) electrons. The molecule has 0 amide bonds. The summed E-state index contributed by atoms with van der Waals surface area (Å²) in [6, 6.07) is 2.43. The van der Waals surface area contributed by atoms with E-state index in [9.17, 15) is 0 Å². The highest BCUT2D eigenvalue weighted by Gasteiger charge is 2.35. The van der Waals surface area contributed by atoms with Gasteiger partial charge in [-0.3, -0.25) is 9.80 Å². The van der Waals surface area contributed by atoms with Crippen molar-refractivity contribution < 1.29 is 0 Å². The standard InChI is InChI=1S/C16H32N2S/c1-4-15-12-17-10-7-6-8-16(17)13-18(15)14(3)9-11-19-5-2/h14-16H,4-13H2,1-3H3. The van der Waals surface area contributed by atoms with Crippen molar-refractivity contribution in [3.63, 3.8) is 0 Å². The quantitative estimate of drug-likeness (QED) is 0.690. The average molecular weight is 285 g/mol. The Morgan fingerprint density at radius 3 is 2.79 bits per heavy atom. The summed E-state index contributed by atoms with van der Waals surface area (Å²) >= 11 is 2.09. The normalized spacial score (nSPS) is 31.1. The summed E-state index contributed by atoms with van der Waals surface area (Å²) in [4.78, 5) is 5.62. The van der Waals surface area contributed by atoms with Gasteiger partial charge >= 0.3 is 0 Å². The minimum Gasteiger partial charge on any atom is -0.298 e. The summed E-state index contributed by atoms with van der Waals surface area (Å²) in [6.45, 7) is 11.1. The minimum absolute atomic E-state index is 0.771. The van der Waals surface area contributed by atoms with Gasteiger partial charge in [-0.1, -0.05) is 20.3 Å². The third-order valence-electron chi connectivity index (χ3n) is 5.01. The Morgan fingerprint density at radius 1 is 1.21 bits per heavy atom. The molecule has 0 aromatic heterocycles. The van der Waals surface area contributed by atoms with Crippen molar-refractivity contribution in [1.29, 1.82) is 0 Å². The fraction of sp³-hybridized carbons (Fsp3) is 1.00. The zero-order chi connectivity index (χ0) is 13.7. The molecule has 2 fully saturated rings. The first-order valence-electron chi connectivity index (χ1n) is 8.33. The summed E-state index contributed by atoms with van der Waals surface area (Å²) in [7, 11) is 0. The van der Waals surface area contributed by atoms with Crippen molar-refractivity contribution in [3.8, 4) is 0 Å². The van der Waals surface area contributed by atoms with Gasteiger partial charge in [-0.25, -0.2) is 0 Å². The number of piperazine rings is 1. The summed E-state index contributed by atoms with van der Waals surface area (Å²) in [5.74, 6) is 2.60. The van der Waals surface area contributed by atoms with Crippen LogP contribution in [-0.2, 0) is 0 Å². The number of hydrogen-bond donors (Lipinski definition) is 0. The van der Waals surface area contributed by atoms with Crippen LogP contribution in [0.25, 0.3) is 0 Å². The SMILES string of the molecule is CCSCCC(C)N1CC2CCCCN2CC1CC. The van der Waals surface area contributed by atoms with Gasteiger partial charge in [-0.15, -0.1) is 0 Å². The van der Waals surface area contributed by atoms with Gasteiger partial charge in [-0.05, 0) is 50.7 Å². The van der Waals surface area contributed by atoms with Crippen molar-refractivity contribution >= 4 is 11.8 Å². The molecule has 2 heterocycles. The van der Waals surface area contributed by atoms with E-state index in [0.29, 0.717) is 0 Å². The average Bonchev–Trinajstić information content (AvgIpc) is 2.46. The highest BCUT2D eigenvalue weighted by atomic mass is 32.2. The number of hydrogen-bond acceptors (Lipinski definition) is 3. The molecule has 0 aromatic rings. The number of piperidine rings is 1. The van der Waals surface area contributed by atoms with Gasteiger partial charge in [0.1, 0.15) is 0 Å². The monoisotopic (exact) mass is 284 g/mol. The van der Waals surface area contributed by atoms with Crippen LogP contribution >= 0.6 is 11.8 Å². The van der Waals surface area contributed by atoms with Gasteiger partial charge in [0.05, 0.1) is 0 Å². The zero-order valence-corrected chi connectivity index (χ0v) is 13.9. The molecule has 0 spiro atoms. The van der Waals surface area contributed by atoms with E-state index in [4.69, 9.17) is 0 Å². The minimum atomic E-state index is 0.771. The molecule has 0 saturated carbocycles. The Bertz CT molecular complexity index is 259. The van der Waals surface area contributed by atoms with Gasteiger partial charge < -0.3 is 0 Å². The molecular formula is C16H32N2S. The largest absolute Gasteiger partial charge is 0.298 e. The van der Waals surface area contributed by atoms with Crippen LogP contribution in [0.2, 0.25) is 0 Å². The molecule has 0 N–H and O–H groups in total. The van der Waals surface area contributed by atoms with E-state index in [1.54, 1.807) is 0 Å². The maximum atomic E-state index is 2.84. The van der Waals surface area contributed by atoms with Crippen LogP contribution in [0.4, 0.5) is 0 Å². The lowest BCUT2D eigenvalue weighted by molar-refractivity contribution is -0.0121. The van der Waals surface area contributed by atoms with Gasteiger partial charge in [0.25, 0.3) is 0 Å². The molecule has 3 unspecified atom stereocenters. The third kappa shape index (κ3) is 4.12. The fourth-order valence-electron chi connectivity index (χ4n) is 3.74. The Kier molecular flexibility index (Phi) is 6.51. The molecule has 3 atom stereocenters. The van der Waals surface area contributed by atoms with E-state index in [0.717, 1.165) is 18.1 Å². The van der Waals surface area contributed by atoms with Crippen LogP contribution in [-0.4, -0.2) is 59.1 Å². The van der Waals surface area contributed by atoms with Gasteiger partial charge in [0.15, 0.2) is 0 Å². The number of fused-ring (bicyclic) bond motifs is 1. The van der Waals surface area contributed by atoms with E-state index in [2.05, 4.69) is 42.3 Å². The molecule has 3 heteroatoms. The van der Waals surface area contributed by atoms with Crippen molar-refractivity contribution in [3.05, 3.63) is 0 Å². The first-order chi connectivity index (χ1) is 9.26.